The molecule has 1 aliphatic heterocycles. The summed E-state index contributed by atoms with van der Waals surface area (Å²) in [5.41, 5.74) is 2.21. The monoisotopic (exact) mass is 485 g/mol. The second kappa shape index (κ2) is 10.3. The van der Waals surface area contributed by atoms with Crippen LogP contribution in [-0.4, -0.2) is 51.1 Å². The molecule has 1 aliphatic rings. The minimum atomic E-state index is -0.178. The van der Waals surface area contributed by atoms with Gasteiger partial charge in [0.1, 0.15) is 0 Å². The van der Waals surface area contributed by atoms with Crippen molar-refractivity contribution in [3.63, 3.8) is 0 Å². The highest BCUT2D eigenvalue weighted by molar-refractivity contribution is 8.14. The predicted molar refractivity (Wildman–Crippen MR) is 136 cm³/mol. The van der Waals surface area contributed by atoms with Crippen molar-refractivity contribution in [2.75, 3.05) is 35.7 Å². The molecule has 32 heavy (non-hydrogen) atoms. The summed E-state index contributed by atoms with van der Waals surface area (Å²) in [7, 11) is 0. The molecule has 166 valence electrons. The van der Waals surface area contributed by atoms with Crippen molar-refractivity contribution in [3.05, 3.63) is 48.4 Å². The molecule has 8 nitrogen and oxygen atoms in total. The van der Waals surface area contributed by atoms with Gasteiger partial charge < -0.3 is 16.0 Å². The normalized spacial score (nSPS) is 14.3. The molecule has 1 amide bonds. The minimum absolute atomic E-state index is 0.178. The first-order valence-corrected chi connectivity index (χ1v) is 13.0. The van der Waals surface area contributed by atoms with Crippen molar-refractivity contribution in [2.45, 2.75) is 11.8 Å². The Balaban J connectivity index is 1.30. The molecule has 3 heterocycles. The number of amides is 1. The molecule has 1 atom stereocenters. The van der Waals surface area contributed by atoms with Gasteiger partial charge >= 0.3 is 0 Å². The molecule has 3 N–H and O–H groups in total. The highest BCUT2D eigenvalue weighted by atomic mass is 32.2. The van der Waals surface area contributed by atoms with Crippen molar-refractivity contribution in [3.8, 4) is 0 Å². The number of amidine groups is 1. The van der Waals surface area contributed by atoms with Gasteiger partial charge in [0.2, 0.25) is 5.95 Å². The third kappa shape index (κ3) is 5.78. The fourth-order valence-electron chi connectivity index (χ4n) is 2.85. The maximum atomic E-state index is 12.5. The Morgan fingerprint density at radius 2 is 2.03 bits per heavy atom. The number of carbonyl (C=O) groups excluding carboxylic acids is 1. The molecule has 11 heteroatoms. The SMILES string of the molecule is C=C1CSC(NC(=O)c2ccc3nc(NC[C@@H](C)CNc4ncc(SC)cn4)sc3c2)=N1. The van der Waals surface area contributed by atoms with Crippen LogP contribution in [0.2, 0.25) is 0 Å². The van der Waals surface area contributed by atoms with Gasteiger partial charge in [-0.1, -0.05) is 36.6 Å². The quantitative estimate of drug-likeness (QED) is 0.406. The number of hydrogen-bond acceptors (Lipinski definition) is 10. The number of carbonyl (C=O) groups is 1. The lowest BCUT2D eigenvalue weighted by molar-refractivity contribution is 0.0978. The fourth-order valence-corrected chi connectivity index (χ4v) is 4.80. The van der Waals surface area contributed by atoms with Gasteiger partial charge in [0.25, 0.3) is 5.91 Å². The number of thiazole rings is 1. The third-order valence-electron chi connectivity index (χ3n) is 4.58. The first-order chi connectivity index (χ1) is 15.5. The molecule has 4 rings (SSSR count). The number of thioether (sulfide) groups is 2. The van der Waals surface area contributed by atoms with Crippen molar-refractivity contribution in [1.82, 2.24) is 20.3 Å². The van der Waals surface area contributed by atoms with Gasteiger partial charge in [-0.3, -0.25) is 4.79 Å². The average Bonchev–Trinajstić information content (AvgIpc) is 3.41. The Bertz CT molecular complexity index is 1160. The van der Waals surface area contributed by atoms with Gasteiger partial charge in [-0.2, -0.15) is 0 Å². The molecule has 0 unspecified atom stereocenters. The lowest BCUT2D eigenvalue weighted by atomic mass is 10.2. The molecule has 0 fully saturated rings. The summed E-state index contributed by atoms with van der Waals surface area (Å²) in [6.45, 7) is 7.45. The van der Waals surface area contributed by atoms with Crippen LogP contribution in [0.1, 0.15) is 17.3 Å². The number of benzene rings is 1. The Hall–Kier alpha value is -2.63. The van der Waals surface area contributed by atoms with E-state index in [1.807, 2.05) is 30.8 Å². The zero-order chi connectivity index (χ0) is 22.5. The topological polar surface area (TPSA) is 104 Å². The number of rotatable bonds is 8. The van der Waals surface area contributed by atoms with Crippen molar-refractivity contribution in [1.29, 1.82) is 0 Å². The van der Waals surface area contributed by atoms with Gasteiger partial charge in [0, 0.05) is 47.4 Å². The second-order valence-electron chi connectivity index (χ2n) is 7.24. The molecular weight excluding hydrogens is 462 g/mol. The average molecular weight is 486 g/mol. The standard InChI is InChI=1S/C21H23N7OS3/c1-12(7-22-19-23-9-15(30-3)10-24-19)8-25-20-27-16-5-4-14(6-17(16)32-20)18(29)28-21-26-13(2)11-31-21/h4-6,9-10,12H,2,7-8,11H2,1,3H3,(H,25,27)(H,22,23,24)(H,26,28,29)/t12-/m0/s1. The lowest BCUT2D eigenvalue weighted by Crippen LogP contribution is -2.27. The molecule has 2 aromatic heterocycles. The van der Waals surface area contributed by atoms with E-state index in [9.17, 15) is 4.79 Å². The van der Waals surface area contributed by atoms with Crippen LogP contribution in [-0.2, 0) is 0 Å². The van der Waals surface area contributed by atoms with Crippen LogP contribution in [0.4, 0.5) is 11.1 Å². The smallest absolute Gasteiger partial charge is 0.257 e. The number of aromatic nitrogens is 3. The molecule has 0 bridgehead atoms. The third-order valence-corrected chi connectivity index (χ3v) is 7.18. The van der Waals surface area contributed by atoms with Crippen LogP contribution in [0, 0.1) is 5.92 Å². The summed E-state index contributed by atoms with van der Waals surface area (Å²) in [4.78, 5) is 31.0. The summed E-state index contributed by atoms with van der Waals surface area (Å²) in [6.07, 6.45) is 5.63. The van der Waals surface area contributed by atoms with Crippen LogP contribution in [0.3, 0.4) is 0 Å². The molecule has 0 aliphatic carbocycles. The summed E-state index contributed by atoms with van der Waals surface area (Å²) in [6, 6.07) is 5.52. The maximum Gasteiger partial charge on any atom is 0.257 e. The maximum absolute atomic E-state index is 12.5. The van der Waals surface area contributed by atoms with E-state index in [1.54, 1.807) is 17.8 Å². The van der Waals surface area contributed by atoms with Crippen LogP contribution >= 0.6 is 34.9 Å². The van der Waals surface area contributed by atoms with Gasteiger partial charge in [-0.25, -0.2) is 19.9 Å². The van der Waals surface area contributed by atoms with E-state index in [-0.39, 0.29) is 5.91 Å². The molecule has 0 saturated carbocycles. The van der Waals surface area contributed by atoms with Gasteiger partial charge in [0.05, 0.1) is 10.2 Å². The predicted octanol–water partition coefficient (Wildman–Crippen LogP) is 4.31. The Morgan fingerprint density at radius 1 is 1.25 bits per heavy atom. The minimum Gasteiger partial charge on any atom is -0.361 e. The van der Waals surface area contributed by atoms with Crippen LogP contribution in [0.25, 0.3) is 10.2 Å². The molecule has 3 aromatic rings. The van der Waals surface area contributed by atoms with Crippen LogP contribution < -0.4 is 16.0 Å². The number of aliphatic imine (C=N–C) groups is 1. The number of fused-ring (bicyclic) bond motifs is 1. The van der Waals surface area contributed by atoms with E-state index in [2.05, 4.69) is 49.4 Å². The first-order valence-electron chi connectivity index (χ1n) is 9.95. The number of nitrogens with one attached hydrogen (secondary N) is 3. The molecule has 0 saturated heterocycles. The highest BCUT2D eigenvalue weighted by Crippen LogP contribution is 2.27. The van der Waals surface area contributed by atoms with E-state index in [0.717, 1.165) is 39.0 Å². The largest absolute Gasteiger partial charge is 0.361 e. The van der Waals surface area contributed by atoms with Crippen LogP contribution in [0.15, 0.2) is 52.8 Å². The van der Waals surface area contributed by atoms with E-state index in [0.29, 0.717) is 28.4 Å². The van der Waals surface area contributed by atoms with E-state index >= 15 is 0 Å². The number of anilines is 2. The van der Waals surface area contributed by atoms with Gasteiger partial charge in [-0.05, 0) is 30.4 Å². The van der Waals surface area contributed by atoms with E-state index in [4.69, 9.17) is 0 Å². The number of hydrogen-bond donors (Lipinski definition) is 3. The molecule has 1 aromatic carbocycles. The number of nitrogens with zero attached hydrogens (tertiary/aromatic N) is 4. The molecule has 0 spiro atoms. The Morgan fingerprint density at radius 3 is 2.75 bits per heavy atom. The van der Waals surface area contributed by atoms with Crippen molar-refractivity contribution in [2.24, 2.45) is 10.9 Å². The van der Waals surface area contributed by atoms with E-state index < -0.39 is 0 Å². The van der Waals surface area contributed by atoms with Gasteiger partial charge in [-0.15, -0.1) is 11.8 Å². The lowest BCUT2D eigenvalue weighted by Gasteiger charge is -2.13. The summed E-state index contributed by atoms with van der Waals surface area (Å²) in [5, 5.41) is 10.9. The van der Waals surface area contributed by atoms with E-state index in [1.165, 1.54) is 23.1 Å². The van der Waals surface area contributed by atoms with Crippen LogP contribution in [0.5, 0.6) is 0 Å². The second-order valence-corrected chi connectivity index (χ2v) is 10.1. The van der Waals surface area contributed by atoms with Crippen molar-refractivity contribution >= 4 is 67.2 Å². The van der Waals surface area contributed by atoms with Gasteiger partial charge in [0.15, 0.2) is 10.3 Å². The molecule has 0 radical (unpaired) electrons. The zero-order valence-corrected chi connectivity index (χ0v) is 20.2. The summed E-state index contributed by atoms with van der Waals surface area (Å²) >= 11 is 4.63. The summed E-state index contributed by atoms with van der Waals surface area (Å²) in [5.74, 6) is 1.51. The molecular formula is C21H23N7OS3. The van der Waals surface area contributed by atoms with Crippen molar-refractivity contribution < 1.29 is 4.79 Å². The zero-order valence-electron chi connectivity index (χ0n) is 17.7. The Kier molecular flexibility index (Phi) is 7.28. The first kappa shape index (κ1) is 22.6. The Labute approximate surface area is 198 Å². The fraction of sp³-hybridized carbons (Fsp3) is 0.286. The highest BCUT2D eigenvalue weighted by Gasteiger charge is 2.16. The summed E-state index contributed by atoms with van der Waals surface area (Å²) < 4.78 is 0.957.